The van der Waals surface area contributed by atoms with Crippen molar-refractivity contribution in [1.82, 2.24) is 9.97 Å². The van der Waals surface area contributed by atoms with Gasteiger partial charge in [0.25, 0.3) is 0 Å². The molecule has 4 bridgehead atoms. The molecule has 0 N–H and O–H groups in total. The maximum absolute atomic E-state index is 5.35. The summed E-state index contributed by atoms with van der Waals surface area (Å²) in [6, 6.07) is 20.2. The zero-order chi connectivity index (χ0) is 22.5. The van der Waals surface area contributed by atoms with Crippen LogP contribution in [-0.2, 0) is 12.8 Å². The molecule has 2 saturated carbocycles. The van der Waals surface area contributed by atoms with E-state index >= 15 is 0 Å². The molecule has 9 rings (SSSR count). The van der Waals surface area contributed by atoms with Crippen molar-refractivity contribution in [2.45, 2.75) is 71.1 Å². The van der Waals surface area contributed by atoms with Crippen LogP contribution in [0.5, 0.6) is 0 Å². The molecule has 33 heavy (non-hydrogen) atoms. The highest BCUT2D eigenvalue weighted by molar-refractivity contribution is 5.58. The van der Waals surface area contributed by atoms with E-state index in [0.717, 1.165) is 30.1 Å². The van der Waals surface area contributed by atoms with Gasteiger partial charge in [-0.25, -0.2) is 0 Å². The summed E-state index contributed by atoms with van der Waals surface area (Å²) < 4.78 is 0. The molecule has 0 saturated heterocycles. The van der Waals surface area contributed by atoms with Gasteiger partial charge in [-0.1, -0.05) is 70.2 Å². The predicted octanol–water partition coefficient (Wildman–Crippen LogP) is 7.30. The van der Waals surface area contributed by atoms with Crippen LogP contribution in [0.15, 0.2) is 54.6 Å². The Labute approximate surface area is 197 Å². The topological polar surface area (TPSA) is 25.8 Å². The molecule has 2 heteroatoms. The van der Waals surface area contributed by atoms with E-state index in [2.05, 4.69) is 82.3 Å². The van der Waals surface area contributed by atoms with Gasteiger partial charge in [-0.05, 0) is 89.0 Å². The summed E-state index contributed by atoms with van der Waals surface area (Å²) in [7, 11) is 0. The number of nitrogens with zero attached hydrogens (tertiary/aromatic N) is 2. The summed E-state index contributed by atoms with van der Waals surface area (Å²) >= 11 is 0. The van der Waals surface area contributed by atoms with E-state index in [9.17, 15) is 0 Å². The standard InChI is InChI=1S/C31H34N2/c1-30(2)19-15-23(30)20-10-12-26(32-28(20)16-19)27-13-11-21-24-17-25(31(24,3)4)22(29(21)33-27)14-18-8-6-5-7-9-18/h5-13,19,22-25H,14-17H2,1-4H3/t19-,22?,23+,24+,25-/m1/s1. The normalized spacial score (nSPS) is 31.6. The summed E-state index contributed by atoms with van der Waals surface area (Å²) in [6.07, 6.45) is 4.87. The second-order valence-corrected chi connectivity index (χ2v) is 12.4. The summed E-state index contributed by atoms with van der Waals surface area (Å²) in [4.78, 5) is 10.5. The zero-order valence-electron chi connectivity index (χ0n) is 20.3. The minimum absolute atomic E-state index is 0.369. The Morgan fingerprint density at radius 1 is 0.758 bits per heavy atom. The Morgan fingerprint density at radius 3 is 2.18 bits per heavy atom. The lowest BCUT2D eigenvalue weighted by atomic mass is 9.44. The first kappa shape index (κ1) is 19.9. The molecule has 2 nitrogen and oxygen atoms in total. The fourth-order valence-corrected chi connectivity index (χ4v) is 7.95. The van der Waals surface area contributed by atoms with Gasteiger partial charge in [-0.3, -0.25) is 9.97 Å². The van der Waals surface area contributed by atoms with Gasteiger partial charge in [0.1, 0.15) is 0 Å². The molecule has 0 aliphatic heterocycles. The van der Waals surface area contributed by atoms with Gasteiger partial charge in [0, 0.05) is 17.3 Å². The van der Waals surface area contributed by atoms with Crippen molar-refractivity contribution in [1.29, 1.82) is 0 Å². The van der Waals surface area contributed by atoms with E-state index in [4.69, 9.17) is 9.97 Å². The van der Waals surface area contributed by atoms with E-state index in [1.165, 1.54) is 40.9 Å². The second kappa shape index (κ2) is 6.56. The average molecular weight is 435 g/mol. The SMILES string of the molecule is CC1(C)[C@H]2Cc3nc(-c4ccc5c(n4)C(Cc4ccccc4)[C@H]4C[C@@H]5C4(C)C)ccc3[C@@H]1C2. The van der Waals surface area contributed by atoms with Crippen LogP contribution in [0.4, 0.5) is 0 Å². The summed E-state index contributed by atoms with van der Waals surface area (Å²) in [6.45, 7) is 9.82. The fraction of sp³-hybridized carbons (Fsp3) is 0.484. The van der Waals surface area contributed by atoms with Crippen molar-refractivity contribution < 1.29 is 0 Å². The molecule has 6 aliphatic carbocycles. The fourth-order valence-electron chi connectivity index (χ4n) is 7.95. The maximum atomic E-state index is 5.35. The summed E-state index contributed by atoms with van der Waals surface area (Å²) in [5.41, 5.74) is 10.0. The summed E-state index contributed by atoms with van der Waals surface area (Å²) in [5, 5.41) is 0. The molecule has 2 heterocycles. The van der Waals surface area contributed by atoms with Gasteiger partial charge in [0.2, 0.25) is 0 Å². The predicted molar refractivity (Wildman–Crippen MR) is 133 cm³/mol. The van der Waals surface area contributed by atoms with E-state index in [1.54, 1.807) is 0 Å². The Bertz CT molecular complexity index is 1260. The minimum atomic E-state index is 0.369. The first-order valence-electron chi connectivity index (χ1n) is 12.9. The summed E-state index contributed by atoms with van der Waals surface area (Å²) in [5.74, 6) is 3.34. The van der Waals surface area contributed by atoms with Gasteiger partial charge in [-0.2, -0.15) is 0 Å². The number of benzene rings is 1. The highest BCUT2D eigenvalue weighted by Gasteiger charge is 2.57. The Balaban J connectivity index is 1.28. The molecular weight excluding hydrogens is 400 g/mol. The third kappa shape index (κ3) is 2.67. The van der Waals surface area contributed by atoms with E-state index in [-0.39, 0.29) is 0 Å². The molecule has 1 aromatic carbocycles. The van der Waals surface area contributed by atoms with Crippen molar-refractivity contribution in [3.63, 3.8) is 0 Å². The second-order valence-electron chi connectivity index (χ2n) is 12.4. The van der Waals surface area contributed by atoms with Gasteiger partial charge < -0.3 is 0 Å². The molecule has 168 valence electrons. The lowest BCUT2D eigenvalue weighted by Gasteiger charge is -2.60. The highest BCUT2D eigenvalue weighted by Crippen LogP contribution is 2.67. The molecule has 2 aromatic heterocycles. The molecule has 1 unspecified atom stereocenters. The van der Waals surface area contributed by atoms with Crippen LogP contribution in [0.1, 0.15) is 86.4 Å². The van der Waals surface area contributed by atoms with Crippen LogP contribution in [0.25, 0.3) is 11.4 Å². The average Bonchev–Trinajstić information content (AvgIpc) is 2.83. The van der Waals surface area contributed by atoms with Gasteiger partial charge in [-0.15, -0.1) is 0 Å². The number of pyridine rings is 2. The molecule has 5 atom stereocenters. The highest BCUT2D eigenvalue weighted by atomic mass is 14.8. The number of rotatable bonds is 3. The first-order chi connectivity index (χ1) is 15.8. The Morgan fingerprint density at radius 2 is 1.45 bits per heavy atom. The van der Waals surface area contributed by atoms with Gasteiger partial charge >= 0.3 is 0 Å². The lowest BCUT2D eigenvalue weighted by molar-refractivity contribution is -0.00746. The molecule has 6 aliphatic rings. The molecule has 0 amide bonds. The van der Waals surface area contributed by atoms with Crippen molar-refractivity contribution >= 4 is 0 Å². The minimum Gasteiger partial charge on any atom is -0.251 e. The molecule has 2 fully saturated rings. The number of hydrogen-bond acceptors (Lipinski definition) is 2. The largest absolute Gasteiger partial charge is 0.251 e. The lowest BCUT2D eigenvalue weighted by Crippen LogP contribution is -2.51. The van der Waals surface area contributed by atoms with E-state index < -0.39 is 0 Å². The van der Waals surface area contributed by atoms with Crippen LogP contribution in [0, 0.1) is 22.7 Å². The van der Waals surface area contributed by atoms with E-state index in [1.807, 2.05) is 0 Å². The smallest absolute Gasteiger partial charge is 0.0889 e. The van der Waals surface area contributed by atoms with Crippen LogP contribution < -0.4 is 0 Å². The Hall–Kier alpha value is -2.48. The zero-order valence-corrected chi connectivity index (χ0v) is 20.3. The van der Waals surface area contributed by atoms with Crippen LogP contribution in [-0.4, -0.2) is 9.97 Å². The molecule has 3 aromatic rings. The van der Waals surface area contributed by atoms with Gasteiger partial charge in [0.05, 0.1) is 11.4 Å². The molecule has 0 spiro atoms. The Kier molecular flexibility index (Phi) is 3.96. The molecule has 0 radical (unpaired) electrons. The third-order valence-corrected chi connectivity index (χ3v) is 10.4. The first-order valence-corrected chi connectivity index (χ1v) is 12.9. The molecular formula is C31H34N2. The van der Waals surface area contributed by atoms with Crippen LogP contribution in [0.2, 0.25) is 0 Å². The monoisotopic (exact) mass is 434 g/mol. The van der Waals surface area contributed by atoms with Gasteiger partial charge in [0.15, 0.2) is 0 Å². The van der Waals surface area contributed by atoms with E-state index in [0.29, 0.717) is 34.5 Å². The van der Waals surface area contributed by atoms with Crippen molar-refractivity contribution in [2.24, 2.45) is 22.7 Å². The van der Waals surface area contributed by atoms with Crippen molar-refractivity contribution in [3.05, 3.63) is 82.7 Å². The van der Waals surface area contributed by atoms with Crippen molar-refractivity contribution in [3.8, 4) is 11.4 Å². The maximum Gasteiger partial charge on any atom is 0.0889 e. The van der Waals surface area contributed by atoms with Crippen LogP contribution in [0.3, 0.4) is 0 Å². The quantitative estimate of drug-likeness (QED) is 0.432. The number of hydrogen-bond donors (Lipinski definition) is 0. The third-order valence-electron chi connectivity index (χ3n) is 10.4. The van der Waals surface area contributed by atoms with Crippen LogP contribution >= 0.6 is 0 Å². The number of aromatic nitrogens is 2. The van der Waals surface area contributed by atoms with Crippen molar-refractivity contribution in [2.75, 3.05) is 0 Å².